The van der Waals surface area contributed by atoms with Crippen LogP contribution in [0.5, 0.6) is 11.6 Å². The van der Waals surface area contributed by atoms with Gasteiger partial charge in [-0.2, -0.15) is 4.98 Å². The maximum Gasteiger partial charge on any atom is 0.373 e. The summed E-state index contributed by atoms with van der Waals surface area (Å²) in [6.45, 7) is 3.85. The third-order valence-electron chi connectivity index (χ3n) is 3.85. The van der Waals surface area contributed by atoms with E-state index in [0.29, 0.717) is 10.2 Å². The first-order valence-electron chi connectivity index (χ1n) is 7.81. The van der Waals surface area contributed by atoms with Crippen molar-refractivity contribution < 1.29 is 14.1 Å². The van der Waals surface area contributed by atoms with Crippen LogP contribution in [0.15, 0.2) is 47.2 Å². The number of anilines is 2. The fourth-order valence-electron chi connectivity index (χ4n) is 2.30. The summed E-state index contributed by atoms with van der Waals surface area (Å²) in [5, 5.41) is 14.2. The maximum absolute atomic E-state index is 14.1. The second-order valence-corrected chi connectivity index (χ2v) is 6.65. The molecular formula is C18H14BrFN4O3. The van der Waals surface area contributed by atoms with Crippen molar-refractivity contribution in [3.8, 4) is 11.6 Å². The van der Waals surface area contributed by atoms with Crippen LogP contribution in [0.2, 0.25) is 0 Å². The van der Waals surface area contributed by atoms with E-state index in [0.717, 1.165) is 17.5 Å². The molecule has 9 heteroatoms. The molecule has 0 radical (unpaired) electrons. The van der Waals surface area contributed by atoms with Crippen molar-refractivity contribution in [1.82, 2.24) is 9.97 Å². The number of hydrogen-bond donors (Lipinski definition) is 1. The zero-order valence-electron chi connectivity index (χ0n) is 14.4. The highest BCUT2D eigenvalue weighted by Gasteiger charge is 2.26. The molecular weight excluding hydrogens is 419 g/mol. The summed E-state index contributed by atoms with van der Waals surface area (Å²) >= 11 is 3.16. The monoisotopic (exact) mass is 432 g/mol. The van der Waals surface area contributed by atoms with Crippen LogP contribution >= 0.6 is 15.9 Å². The number of rotatable bonds is 5. The molecule has 1 N–H and O–H groups in total. The molecule has 0 amide bonds. The maximum atomic E-state index is 14.1. The van der Waals surface area contributed by atoms with Crippen molar-refractivity contribution in [2.45, 2.75) is 13.8 Å². The topological polar surface area (TPSA) is 90.2 Å². The number of aromatic nitrogens is 2. The Balaban J connectivity index is 1.99. The van der Waals surface area contributed by atoms with E-state index in [9.17, 15) is 14.5 Å². The average molecular weight is 433 g/mol. The molecule has 3 rings (SSSR count). The molecule has 7 nitrogen and oxygen atoms in total. The highest BCUT2D eigenvalue weighted by molar-refractivity contribution is 9.10. The smallest absolute Gasteiger partial charge is 0.373 e. The number of nitrogens with zero attached hydrogens (tertiary/aromatic N) is 3. The first kappa shape index (κ1) is 18.7. The van der Waals surface area contributed by atoms with Gasteiger partial charge in [0.25, 0.3) is 0 Å². The van der Waals surface area contributed by atoms with Crippen molar-refractivity contribution in [3.05, 3.63) is 74.3 Å². The lowest BCUT2D eigenvalue weighted by Gasteiger charge is -2.11. The molecule has 3 aromatic rings. The lowest BCUT2D eigenvalue weighted by molar-refractivity contribution is -0.385. The summed E-state index contributed by atoms with van der Waals surface area (Å²) in [6, 6.07) is 9.56. The molecule has 0 aliphatic heterocycles. The normalized spacial score (nSPS) is 10.5. The summed E-state index contributed by atoms with van der Waals surface area (Å²) in [4.78, 5) is 18.7. The highest BCUT2D eigenvalue weighted by Crippen LogP contribution is 2.36. The fraction of sp³-hybridized carbons (Fsp3) is 0.111. The predicted molar refractivity (Wildman–Crippen MR) is 102 cm³/mol. The molecule has 1 heterocycles. The first-order chi connectivity index (χ1) is 12.8. The minimum Gasteiger partial charge on any atom is -0.434 e. The molecule has 138 valence electrons. The van der Waals surface area contributed by atoms with Gasteiger partial charge in [-0.15, -0.1) is 0 Å². The van der Waals surface area contributed by atoms with Gasteiger partial charge in [-0.1, -0.05) is 22.0 Å². The molecule has 0 fully saturated rings. The van der Waals surface area contributed by atoms with E-state index in [2.05, 4.69) is 31.2 Å². The Morgan fingerprint density at radius 2 is 1.93 bits per heavy atom. The van der Waals surface area contributed by atoms with Crippen molar-refractivity contribution in [2.75, 3.05) is 5.32 Å². The van der Waals surface area contributed by atoms with Gasteiger partial charge in [-0.3, -0.25) is 10.1 Å². The Morgan fingerprint density at radius 3 is 2.59 bits per heavy atom. The number of benzene rings is 2. The molecule has 2 aromatic carbocycles. The summed E-state index contributed by atoms with van der Waals surface area (Å²) < 4.78 is 20.2. The van der Waals surface area contributed by atoms with Crippen LogP contribution in [-0.4, -0.2) is 14.9 Å². The molecule has 0 aliphatic carbocycles. The number of nitro groups is 1. The van der Waals surface area contributed by atoms with Gasteiger partial charge in [0, 0.05) is 4.47 Å². The van der Waals surface area contributed by atoms with Crippen LogP contribution in [-0.2, 0) is 0 Å². The largest absolute Gasteiger partial charge is 0.434 e. The van der Waals surface area contributed by atoms with E-state index in [-0.39, 0.29) is 17.4 Å². The minimum atomic E-state index is -0.671. The van der Waals surface area contributed by atoms with Gasteiger partial charge < -0.3 is 10.1 Å². The number of nitrogens with one attached hydrogen (secondary N) is 1. The fourth-order valence-corrected chi connectivity index (χ4v) is 2.63. The standard InChI is InChI=1S/C18H14BrFN4O3/c1-10-3-5-13(7-11(10)2)27-18-16(24(25)26)17(21-9-22-18)23-15-6-4-12(19)8-14(15)20/h3-9H,1-2H3,(H,21,22,23). The Kier molecular flexibility index (Phi) is 5.31. The molecule has 0 saturated carbocycles. The van der Waals surface area contributed by atoms with E-state index < -0.39 is 16.4 Å². The summed E-state index contributed by atoms with van der Waals surface area (Å²) in [7, 11) is 0. The second-order valence-electron chi connectivity index (χ2n) is 5.73. The van der Waals surface area contributed by atoms with Crippen LogP contribution in [0.3, 0.4) is 0 Å². The SMILES string of the molecule is Cc1ccc(Oc2ncnc(Nc3ccc(Br)cc3F)c2[N+](=O)[O-])cc1C. The van der Waals surface area contributed by atoms with Crippen LogP contribution in [0.4, 0.5) is 21.6 Å². The van der Waals surface area contributed by atoms with E-state index >= 15 is 0 Å². The molecule has 0 saturated heterocycles. The van der Waals surface area contributed by atoms with Crippen molar-refractivity contribution >= 4 is 33.1 Å². The predicted octanol–water partition coefficient (Wildman–Crippen LogP) is 5.44. The zero-order chi connectivity index (χ0) is 19.6. The third-order valence-corrected chi connectivity index (χ3v) is 4.34. The van der Waals surface area contributed by atoms with Crippen LogP contribution < -0.4 is 10.1 Å². The molecule has 1 aromatic heterocycles. The van der Waals surface area contributed by atoms with Gasteiger partial charge in [0.2, 0.25) is 5.82 Å². The van der Waals surface area contributed by atoms with Crippen LogP contribution in [0.1, 0.15) is 11.1 Å². The number of halogens is 2. The molecule has 0 atom stereocenters. The minimum absolute atomic E-state index is 0.0390. The Labute approximate surface area is 162 Å². The molecule has 0 aliphatic rings. The van der Waals surface area contributed by atoms with Crippen LogP contribution in [0.25, 0.3) is 0 Å². The molecule has 0 unspecified atom stereocenters. The number of hydrogen-bond acceptors (Lipinski definition) is 6. The lowest BCUT2D eigenvalue weighted by atomic mass is 10.1. The number of aryl methyl sites for hydroxylation is 2. The van der Waals surface area contributed by atoms with Crippen molar-refractivity contribution in [3.63, 3.8) is 0 Å². The average Bonchev–Trinajstić information content (AvgIpc) is 2.60. The van der Waals surface area contributed by atoms with E-state index in [1.54, 1.807) is 18.2 Å². The Morgan fingerprint density at radius 1 is 1.15 bits per heavy atom. The second kappa shape index (κ2) is 7.67. The van der Waals surface area contributed by atoms with E-state index in [4.69, 9.17) is 4.74 Å². The highest BCUT2D eigenvalue weighted by atomic mass is 79.9. The van der Waals surface area contributed by atoms with Crippen LogP contribution in [0, 0.1) is 29.8 Å². The third kappa shape index (κ3) is 4.20. The quantitative estimate of drug-likeness (QED) is 0.426. The van der Waals surface area contributed by atoms with Gasteiger partial charge >= 0.3 is 11.6 Å². The van der Waals surface area contributed by atoms with Gasteiger partial charge in [-0.25, -0.2) is 9.37 Å². The molecule has 0 spiro atoms. The molecule has 0 bridgehead atoms. The van der Waals surface area contributed by atoms with Gasteiger partial charge in [0.1, 0.15) is 17.9 Å². The summed E-state index contributed by atoms with van der Waals surface area (Å²) in [6.07, 6.45) is 1.11. The summed E-state index contributed by atoms with van der Waals surface area (Å²) in [5.41, 5.74) is 1.59. The number of ether oxygens (including phenoxy) is 1. The van der Waals surface area contributed by atoms with Gasteiger partial charge in [-0.05, 0) is 55.3 Å². The van der Waals surface area contributed by atoms with E-state index in [1.807, 2.05) is 19.9 Å². The first-order valence-corrected chi connectivity index (χ1v) is 8.61. The zero-order valence-corrected chi connectivity index (χ0v) is 15.9. The molecule has 27 heavy (non-hydrogen) atoms. The summed E-state index contributed by atoms with van der Waals surface area (Å²) in [5.74, 6) is -0.595. The van der Waals surface area contributed by atoms with Gasteiger partial charge in [0.05, 0.1) is 10.6 Å². The van der Waals surface area contributed by atoms with E-state index in [1.165, 1.54) is 12.1 Å². The Hall–Kier alpha value is -3.07. The van der Waals surface area contributed by atoms with Crippen molar-refractivity contribution in [1.29, 1.82) is 0 Å². The van der Waals surface area contributed by atoms with Crippen molar-refractivity contribution in [2.24, 2.45) is 0 Å². The Bertz CT molecular complexity index is 1030. The van der Waals surface area contributed by atoms with Gasteiger partial charge in [0.15, 0.2) is 0 Å². The lowest BCUT2D eigenvalue weighted by Crippen LogP contribution is -2.04.